The molecule has 0 unspecified atom stereocenters. The summed E-state index contributed by atoms with van der Waals surface area (Å²) in [5, 5.41) is 0. The third kappa shape index (κ3) is 1.62. The van der Waals surface area contributed by atoms with Crippen LogP contribution in [0, 0.1) is 5.41 Å². The molecule has 0 bridgehead atoms. The van der Waals surface area contributed by atoms with E-state index in [-0.39, 0.29) is 11.2 Å². The lowest BCUT2D eigenvalue weighted by molar-refractivity contribution is -0.124. The number of hydrogen-bond acceptors (Lipinski definition) is 2. The molecule has 8 heavy (non-hydrogen) atoms. The molecule has 0 saturated carbocycles. The summed E-state index contributed by atoms with van der Waals surface area (Å²) < 4.78 is 0. The fourth-order valence-corrected chi connectivity index (χ4v) is 0.144. The Morgan fingerprint density at radius 1 is 1.62 bits per heavy atom. The van der Waals surface area contributed by atoms with E-state index in [0.717, 1.165) is 0 Å². The van der Waals surface area contributed by atoms with Crippen LogP contribution in [-0.2, 0) is 4.79 Å². The zero-order valence-electron chi connectivity index (χ0n) is 5.69. The van der Waals surface area contributed by atoms with Gasteiger partial charge in [0.25, 0.3) is 0 Å². The summed E-state index contributed by atoms with van der Waals surface area (Å²) in [6.07, 6.45) is 0. The molecule has 2 N–H and O–H groups in total. The van der Waals surface area contributed by atoms with Gasteiger partial charge in [0, 0.05) is 12.0 Å². The highest BCUT2D eigenvalue weighted by Crippen LogP contribution is 2.12. The van der Waals surface area contributed by atoms with Crippen molar-refractivity contribution in [1.29, 1.82) is 0 Å². The number of carbonyl (C=O) groups excluding carboxylic acids is 1. The van der Waals surface area contributed by atoms with Crippen LogP contribution >= 0.6 is 0 Å². The third-order valence-corrected chi connectivity index (χ3v) is 1.46. The highest BCUT2D eigenvalue weighted by Gasteiger charge is 2.20. The molecule has 0 aromatic carbocycles. The Kier molecular flexibility index (Phi) is 2.16. The monoisotopic (exact) mass is 115 g/mol. The zero-order valence-corrected chi connectivity index (χ0v) is 5.69. The summed E-state index contributed by atoms with van der Waals surface area (Å²) in [7, 11) is 0. The van der Waals surface area contributed by atoms with Crippen LogP contribution in [0.5, 0.6) is 0 Å². The maximum absolute atomic E-state index is 10.6. The summed E-state index contributed by atoms with van der Waals surface area (Å²) in [5.41, 5.74) is 4.97. The minimum absolute atomic E-state index is 0.153. The molecule has 0 saturated heterocycles. The molecule has 0 aliphatic carbocycles. The molecular weight excluding hydrogens is 102 g/mol. The van der Waals surface area contributed by atoms with Gasteiger partial charge in [-0.2, -0.15) is 0 Å². The van der Waals surface area contributed by atoms with Crippen LogP contribution < -0.4 is 5.73 Å². The van der Waals surface area contributed by atoms with Gasteiger partial charge < -0.3 is 5.73 Å². The van der Waals surface area contributed by atoms with Gasteiger partial charge in [-0.15, -0.1) is 0 Å². The van der Waals surface area contributed by atoms with Gasteiger partial charge in [-0.05, 0) is 6.92 Å². The summed E-state index contributed by atoms with van der Waals surface area (Å²) in [6, 6.07) is 0. The van der Waals surface area contributed by atoms with Crippen LogP contribution in [0.25, 0.3) is 0 Å². The first-order chi connectivity index (χ1) is 3.50. The highest BCUT2D eigenvalue weighted by atomic mass is 16.1. The van der Waals surface area contributed by atoms with Gasteiger partial charge in [-0.3, -0.25) is 4.79 Å². The number of rotatable bonds is 2. The van der Waals surface area contributed by atoms with Gasteiger partial charge in [-0.1, -0.05) is 13.8 Å². The van der Waals surface area contributed by atoms with Crippen molar-refractivity contribution in [3.63, 3.8) is 0 Å². The van der Waals surface area contributed by atoms with E-state index in [0.29, 0.717) is 6.54 Å². The van der Waals surface area contributed by atoms with E-state index < -0.39 is 0 Å². The van der Waals surface area contributed by atoms with E-state index in [1.807, 2.05) is 13.8 Å². The van der Waals surface area contributed by atoms with Gasteiger partial charge >= 0.3 is 0 Å². The first-order valence-corrected chi connectivity index (χ1v) is 2.72. The number of Topliss-reactive ketones (excluding diaryl/α,β-unsaturated/α-hetero) is 1. The Balaban J connectivity index is 3.91. The zero-order chi connectivity index (χ0) is 6.78. The molecular formula is C6H13NO. The predicted octanol–water partition coefficient (Wildman–Crippen LogP) is 0.560. The smallest absolute Gasteiger partial charge is 0.136 e. The summed E-state index contributed by atoms with van der Waals surface area (Å²) >= 11 is 0. The number of ketones is 1. The van der Waals surface area contributed by atoms with Gasteiger partial charge in [0.15, 0.2) is 0 Å². The molecule has 2 heteroatoms. The van der Waals surface area contributed by atoms with Crippen molar-refractivity contribution in [1.82, 2.24) is 0 Å². The van der Waals surface area contributed by atoms with E-state index in [9.17, 15) is 4.79 Å². The SMILES string of the molecule is CC(=O)C(C)(C)CN. The van der Waals surface area contributed by atoms with Crippen molar-refractivity contribution < 1.29 is 4.79 Å². The number of hydrogen-bond donors (Lipinski definition) is 1. The van der Waals surface area contributed by atoms with Crippen LogP contribution in [-0.4, -0.2) is 12.3 Å². The second-order valence-corrected chi connectivity index (χ2v) is 2.64. The van der Waals surface area contributed by atoms with Gasteiger partial charge in [0.1, 0.15) is 5.78 Å². The first-order valence-electron chi connectivity index (χ1n) is 2.72. The van der Waals surface area contributed by atoms with Crippen LogP contribution in [0.15, 0.2) is 0 Å². The average Bonchev–Trinajstić information content (AvgIpc) is 1.67. The lowest BCUT2D eigenvalue weighted by Gasteiger charge is -2.16. The number of carbonyl (C=O) groups is 1. The maximum Gasteiger partial charge on any atom is 0.136 e. The Labute approximate surface area is 50.1 Å². The molecule has 0 radical (unpaired) electrons. The lowest BCUT2D eigenvalue weighted by Crippen LogP contribution is -2.30. The Bertz CT molecular complexity index is 96.7. The van der Waals surface area contributed by atoms with Gasteiger partial charge in [-0.25, -0.2) is 0 Å². The Morgan fingerprint density at radius 2 is 2.00 bits per heavy atom. The van der Waals surface area contributed by atoms with Crippen LogP contribution in [0.2, 0.25) is 0 Å². The fourth-order valence-electron chi connectivity index (χ4n) is 0.144. The molecule has 0 aliphatic rings. The second-order valence-electron chi connectivity index (χ2n) is 2.64. The topological polar surface area (TPSA) is 43.1 Å². The molecule has 0 aromatic rings. The molecule has 0 atom stereocenters. The van der Waals surface area contributed by atoms with Crippen LogP contribution in [0.4, 0.5) is 0 Å². The molecule has 0 spiro atoms. The standard InChI is InChI=1S/C6H13NO/c1-5(8)6(2,3)4-7/h4,7H2,1-3H3. The van der Waals surface area contributed by atoms with Crippen molar-refractivity contribution >= 4 is 5.78 Å². The Hall–Kier alpha value is -0.370. The minimum Gasteiger partial charge on any atom is -0.329 e. The van der Waals surface area contributed by atoms with Gasteiger partial charge in [0.2, 0.25) is 0 Å². The molecule has 2 nitrogen and oxygen atoms in total. The normalized spacial score (nSPS) is 11.5. The van der Waals surface area contributed by atoms with E-state index >= 15 is 0 Å². The molecule has 0 heterocycles. The van der Waals surface area contributed by atoms with Crippen LogP contribution in [0.1, 0.15) is 20.8 Å². The maximum atomic E-state index is 10.6. The second kappa shape index (κ2) is 2.27. The molecule has 0 rings (SSSR count). The predicted molar refractivity (Wildman–Crippen MR) is 33.5 cm³/mol. The first kappa shape index (κ1) is 7.63. The number of nitrogens with two attached hydrogens (primary N) is 1. The molecule has 0 aliphatic heterocycles. The third-order valence-electron chi connectivity index (χ3n) is 1.46. The average molecular weight is 115 g/mol. The lowest BCUT2D eigenvalue weighted by atomic mass is 9.89. The van der Waals surface area contributed by atoms with Crippen molar-refractivity contribution in [2.75, 3.05) is 6.54 Å². The van der Waals surface area contributed by atoms with E-state index in [4.69, 9.17) is 5.73 Å². The van der Waals surface area contributed by atoms with Crippen molar-refractivity contribution in [2.24, 2.45) is 11.1 Å². The summed E-state index contributed by atoms with van der Waals surface area (Å²) in [6.45, 7) is 5.68. The fraction of sp³-hybridized carbons (Fsp3) is 0.833. The van der Waals surface area contributed by atoms with Crippen molar-refractivity contribution in [2.45, 2.75) is 20.8 Å². The Morgan fingerprint density at radius 3 is 2.00 bits per heavy atom. The van der Waals surface area contributed by atoms with E-state index in [1.165, 1.54) is 0 Å². The summed E-state index contributed by atoms with van der Waals surface area (Å²) in [5.74, 6) is 0.153. The molecule has 0 aromatic heterocycles. The van der Waals surface area contributed by atoms with Gasteiger partial charge in [0.05, 0.1) is 0 Å². The minimum atomic E-state index is -0.319. The quantitative estimate of drug-likeness (QED) is 0.571. The largest absolute Gasteiger partial charge is 0.329 e. The molecule has 0 amide bonds. The highest BCUT2D eigenvalue weighted by molar-refractivity contribution is 5.81. The summed E-state index contributed by atoms with van der Waals surface area (Å²) in [4.78, 5) is 10.6. The van der Waals surface area contributed by atoms with Crippen LogP contribution in [0.3, 0.4) is 0 Å². The molecule has 48 valence electrons. The van der Waals surface area contributed by atoms with E-state index in [1.54, 1.807) is 6.92 Å². The van der Waals surface area contributed by atoms with E-state index in [2.05, 4.69) is 0 Å². The van der Waals surface area contributed by atoms with Crippen molar-refractivity contribution in [3.8, 4) is 0 Å². The van der Waals surface area contributed by atoms with Crippen molar-refractivity contribution in [3.05, 3.63) is 0 Å². The molecule has 0 fully saturated rings.